The standard InChI is InChI=1S/C23H15ClN2O6S/c1-33(29,30)23-25-13-19(16-10-9-14-5-2-3-6-15(14)11-16)20(26-23)22(28)32-31-21(27)17-7-4-8-18(24)12-17/h2-13H,1H3. The van der Waals surface area contributed by atoms with Crippen molar-refractivity contribution in [2.75, 3.05) is 6.26 Å². The number of benzene rings is 3. The molecule has 0 aliphatic heterocycles. The highest BCUT2D eigenvalue weighted by Gasteiger charge is 2.24. The topological polar surface area (TPSA) is 113 Å². The zero-order valence-corrected chi connectivity index (χ0v) is 18.6. The number of hydrogen-bond donors (Lipinski definition) is 0. The van der Waals surface area contributed by atoms with Crippen LogP contribution >= 0.6 is 11.6 Å². The highest BCUT2D eigenvalue weighted by Crippen LogP contribution is 2.27. The van der Waals surface area contributed by atoms with Gasteiger partial charge in [-0.25, -0.2) is 37.7 Å². The summed E-state index contributed by atoms with van der Waals surface area (Å²) in [5.41, 5.74) is 0.433. The summed E-state index contributed by atoms with van der Waals surface area (Å²) in [6, 6.07) is 18.8. The molecule has 0 N–H and O–H groups in total. The normalized spacial score (nSPS) is 11.2. The van der Waals surface area contributed by atoms with Gasteiger partial charge in [-0.05, 0) is 40.6 Å². The monoisotopic (exact) mass is 482 g/mol. The van der Waals surface area contributed by atoms with Gasteiger partial charge >= 0.3 is 11.9 Å². The first-order chi connectivity index (χ1) is 15.7. The number of sulfone groups is 1. The molecular formula is C23H15ClN2O6S. The lowest BCUT2D eigenvalue weighted by atomic mass is 10.0. The molecule has 0 unspecified atom stereocenters. The van der Waals surface area contributed by atoms with Gasteiger partial charge in [0.25, 0.3) is 0 Å². The fourth-order valence-electron chi connectivity index (χ4n) is 3.05. The summed E-state index contributed by atoms with van der Waals surface area (Å²) in [6.45, 7) is 0. The van der Waals surface area contributed by atoms with Gasteiger partial charge in [-0.2, -0.15) is 0 Å². The molecule has 0 saturated carbocycles. The summed E-state index contributed by atoms with van der Waals surface area (Å²) in [4.78, 5) is 42.0. The van der Waals surface area contributed by atoms with E-state index in [1.54, 1.807) is 18.2 Å². The second kappa shape index (κ2) is 8.97. The molecule has 4 rings (SSSR count). The Morgan fingerprint density at radius 3 is 2.33 bits per heavy atom. The van der Waals surface area contributed by atoms with E-state index in [9.17, 15) is 18.0 Å². The number of fused-ring (bicyclic) bond motifs is 1. The Bertz CT molecular complexity index is 1500. The van der Waals surface area contributed by atoms with E-state index in [0.29, 0.717) is 10.6 Å². The van der Waals surface area contributed by atoms with Gasteiger partial charge in [-0.15, -0.1) is 0 Å². The van der Waals surface area contributed by atoms with E-state index in [4.69, 9.17) is 11.6 Å². The maximum atomic E-state index is 12.8. The fraction of sp³-hybridized carbons (Fsp3) is 0.0435. The van der Waals surface area contributed by atoms with E-state index < -0.39 is 26.9 Å². The maximum Gasteiger partial charge on any atom is 0.405 e. The summed E-state index contributed by atoms with van der Waals surface area (Å²) in [5, 5.41) is 1.58. The van der Waals surface area contributed by atoms with Gasteiger partial charge in [0.1, 0.15) is 0 Å². The summed E-state index contributed by atoms with van der Waals surface area (Å²) in [5.74, 6) is -2.13. The predicted octanol–water partition coefficient (Wildman–Crippen LogP) is 4.28. The smallest absolute Gasteiger partial charge is 0.242 e. The molecule has 0 atom stereocenters. The van der Waals surface area contributed by atoms with Crippen LogP contribution in [0.1, 0.15) is 20.8 Å². The SMILES string of the molecule is CS(=O)(=O)c1ncc(-c2ccc3ccccc3c2)c(C(=O)OOC(=O)c2cccc(Cl)c2)n1. The van der Waals surface area contributed by atoms with Crippen molar-refractivity contribution in [1.29, 1.82) is 0 Å². The Kier molecular flexibility index (Phi) is 6.08. The lowest BCUT2D eigenvalue weighted by molar-refractivity contribution is -0.187. The Morgan fingerprint density at radius 1 is 0.879 bits per heavy atom. The molecule has 0 spiro atoms. The van der Waals surface area contributed by atoms with E-state index in [1.807, 2.05) is 30.3 Å². The molecule has 3 aromatic carbocycles. The Balaban J connectivity index is 1.69. The molecule has 4 aromatic rings. The minimum Gasteiger partial charge on any atom is -0.242 e. The first kappa shape index (κ1) is 22.4. The van der Waals surface area contributed by atoms with E-state index in [0.717, 1.165) is 17.0 Å². The summed E-state index contributed by atoms with van der Waals surface area (Å²) >= 11 is 5.85. The molecule has 0 fully saturated rings. The highest BCUT2D eigenvalue weighted by atomic mass is 35.5. The zero-order chi connectivity index (χ0) is 23.6. The fourth-order valence-corrected chi connectivity index (χ4v) is 3.74. The predicted molar refractivity (Wildman–Crippen MR) is 120 cm³/mol. The number of carbonyl (C=O) groups is 2. The van der Waals surface area contributed by atoms with Gasteiger partial charge in [-0.3, -0.25) is 0 Å². The molecule has 0 bridgehead atoms. The van der Waals surface area contributed by atoms with Crippen molar-refractivity contribution < 1.29 is 27.8 Å². The minimum atomic E-state index is -3.82. The van der Waals surface area contributed by atoms with Crippen LogP contribution in [0.2, 0.25) is 5.02 Å². The Morgan fingerprint density at radius 2 is 1.61 bits per heavy atom. The molecular weight excluding hydrogens is 468 g/mol. The van der Waals surface area contributed by atoms with Gasteiger partial charge in [0.2, 0.25) is 15.0 Å². The molecule has 0 radical (unpaired) electrons. The molecule has 33 heavy (non-hydrogen) atoms. The van der Waals surface area contributed by atoms with Gasteiger partial charge in [0, 0.05) is 23.0 Å². The van der Waals surface area contributed by atoms with Crippen LogP contribution in [0.25, 0.3) is 21.9 Å². The third-order valence-electron chi connectivity index (χ3n) is 4.61. The van der Waals surface area contributed by atoms with Crippen LogP contribution in [-0.4, -0.2) is 36.6 Å². The second-order valence-corrected chi connectivity index (χ2v) is 9.35. The number of nitrogens with zero attached hydrogens (tertiary/aromatic N) is 2. The number of halogens is 1. The second-order valence-electron chi connectivity index (χ2n) is 7.00. The van der Waals surface area contributed by atoms with Crippen LogP contribution in [0.3, 0.4) is 0 Å². The molecule has 1 aromatic heterocycles. The van der Waals surface area contributed by atoms with Crippen molar-refractivity contribution in [2.24, 2.45) is 0 Å². The molecule has 0 aliphatic carbocycles. The van der Waals surface area contributed by atoms with Crippen LogP contribution in [0.4, 0.5) is 0 Å². The maximum absolute atomic E-state index is 12.8. The van der Waals surface area contributed by atoms with Crippen molar-refractivity contribution in [1.82, 2.24) is 9.97 Å². The molecule has 8 nitrogen and oxygen atoms in total. The third-order valence-corrected chi connectivity index (χ3v) is 5.70. The average Bonchev–Trinajstić information content (AvgIpc) is 2.81. The Labute approximate surface area is 193 Å². The quantitative estimate of drug-likeness (QED) is 0.240. The number of hydrogen-bond acceptors (Lipinski definition) is 8. The van der Waals surface area contributed by atoms with Crippen molar-refractivity contribution in [3.05, 3.63) is 89.2 Å². The van der Waals surface area contributed by atoms with Gasteiger partial charge in [0.05, 0.1) is 5.56 Å². The highest BCUT2D eigenvalue weighted by molar-refractivity contribution is 7.90. The van der Waals surface area contributed by atoms with Gasteiger partial charge in [0.15, 0.2) is 5.69 Å². The van der Waals surface area contributed by atoms with E-state index in [1.165, 1.54) is 24.4 Å². The zero-order valence-electron chi connectivity index (χ0n) is 17.1. The van der Waals surface area contributed by atoms with Crippen molar-refractivity contribution >= 4 is 44.1 Å². The van der Waals surface area contributed by atoms with Crippen molar-refractivity contribution in [2.45, 2.75) is 5.16 Å². The van der Waals surface area contributed by atoms with E-state index >= 15 is 0 Å². The first-order valence-electron chi connectivity index (χ1n) is 9.47. The summed E-state index contributed by atoms with van der Waals surface area (Å²) in [6.07, 6.45) is 2.12. The number of aromatic nitrogens is 2. The number of carbonyl (C=O) groups excluding carboxylic acids is 2. The van der Waals surface area contributed by atoms with Crippen LogP contribution in [0.15, 0.2) is 78.1 Å². The van der Waals surface area contributed by atoms with Crippen LogP contribution in [0.5, 0.6) is 0 Å². The lowest BCUT2D eigenvalue weighted by Crippen LogP contribution is -2.16. The Hall–Kier alpha value is -3.82. The van der Waals surface area contributed by atoms with Gasteiger partial charge in [-0.1, -0.05) is 54.1 Å². The minimum absolute atomic E-state index is 0.0598. The van der Waals surface area contributed by atoms with Crippen molar-refractivity contribution in [3.63, 3.8) is 0 Å². The average molecular weight is 483 g/mol. The number of rotatable bonds is 4. The first-order valence-corrected chi connectivity index (χ1v) is 11.7. The van der Waals surface area contributed by atoms with Crippen LogP contribution in [-0.2, 0) is 19.6 Å². The van der Waals surface area contributed by atoms with Crippen LogP contribution < -0.4 is 0 Å². The summed E-state index contributed by atoms with van der Waals surface area (Å²) < 4.78 is 23.9. The third kappa shape index (κ3) is 5.00. The summed E-state index contributed by atoms with van der Waals surface area (Å²) in [7, 11) is -3.82. The molecule has 0 amide bonds. The largest absolute Gasteiger partial charge is 0.405 e. The molecule has 10 heteroatoms. The molecule has 0 aliphatic rings. The molecule has 0 saturated heterocycles. The molecule has 1 heterocycles. The molecule has 166 valence electrons. The van der Waals surface area contributed by atoms with Crippen molar-refractivity contribution in [3.8, 4) is 11.1 Å². The van der Waals surface area contributed by atoms with E-state index in [2.05, 4.69) is 19.7 Å². The van der Waals surface area contributed by atoms with Crippen LogP contribution in [0, 0.1) is 0 Å². The lowest BCUT2D eigenvalue weighted by Gasteiger charge is -2.10. The van der Waals surface area contributed by atoms with E-state index in [-0.39, 0.29) is 16.8 Å². The van der Waals surface area contributed by atoms with Gasteiger partial charge < -0.3 is 0 Å².